The van der Waals surface area contributed by atoms with Gasteiger partial charge < -0.3 is 20.4 Å². The third-order valence-electron chi connectivity index (χ3n) is 4.26. The molecule has 8 heteroatoms. The van der Waals surface area contributed by atoms with Crippen LogP contribution in [0.25, 0.3) is 0 Å². The summed E-state index contributed by atoms with van der Waals surface area (Å²) in [6.07, 6.45) is 1.53. The number of hydrogen-bond donors (Lipinski definition) is 2. The Morgan fingerprint density at radius 1 is 1.15 bits per heavy atom. The third-order valence-corrected chi connectivity index (χ3v) is 4.26. The van der Waals surface area contributed by atoms with Crippen LogP contribution in [0.1, 0.15) is 23.2 Å². The number of halogens is 1. The molecule has 1 aliphatic rings. The highest BCUT2D eigenvalue weighted by atomic mass is 19.1. The Morgan fingerprint density at radius 2 is 1.81 bits per heavy atom. The Hall–Kier alpha value is -2.64. The van der Waals surface area contributed by atoms with Crippen LogP contribution in [-0.2, 0) is 4.79 Å². The molecule has 1 atom stereocenters. The van der Waals surface area contributed by atoms with Gasteiger partial charge in [0.25, 0.3) is 5.91 Å². The quantitative estimate of drug-likeness (QED) is 0.767. The predicted molar refractivity (Wildman–Crippen MR) is 95.1 cm³/mol. The number of piperidine rings is 1. The normalized spacial score (nSPS) is 16.7. The number of rotatable bonds is 5. The van der Waals surface area contributed by atoms with Gasteiger partial charge in [0.05, 0.1) is 5.92 Å². The number of carbonyl (C=O) groups is 3. The molecule has 0 unspecified atom stereocenters. The van der Waals surface area contributed by atoms with E-state index in [2.05, 4.69) is 10.6 Å². The van der Waals surface area contributed by atoms with Crippen molar-refractivity contribution >= 4 is 17.8 Å². The van der Waals surface area contributed by atoms with Crippen LogP contribution in [-0.4, -0.2) is 67.9 Å². The topological polar surface area (TPSA) is 81.8 Å². The van der Waals surface area contributed by atoms with Crippen LogP contribution in [0, 0.1) is 11.7 Å². The molecule has 7 nitrogen and oxygen atoms in total. The average molecular weight is 364 g/mol. The highest BCUT2D eigenvalue weighted by Crippen LogP contribution is 2.17. The van der Waals surface area contributed by atoms with E-state index in [4.69, 9.17) is 0 Å². The fourth-order valence-electron chi connectivity index (χ4n) is 2.86. The smallest absolute Gasteiger partial charge is 0.319 e. The molecule has 1 heterocycles. The van der Waals surface area contributed by atoms with Gasteiger partial charge in [0, 0.05) is 45.8 Å². The summed E-state index contributed by atoms with van der Waals surface area (Å²) in [5.41, 5.74) is 0.364. The van der Waals surface area contributed by atoms with Crippen molar-refractivity contribution in [2.45, 2.75) is 12.8 Å². The van der Waals surface area contributed by atoms with Crippen LogP contribution in [0.3, 0.4) is 0 Å². The molecule has 1 aliphatic heterocycles. The Balaban J connectivity index is 1.72. The number of nitrogens with one attached hydrogen (secondary N) is 2. The molecule has 1 aromatic rings. The maximum absolute atomic E-state index is 12.8. The zero-order valence-electron chi connectivity index (χ0n) is 15.1. The number of amides is 4. The van der Waals surface area contributed by atoms with Crippen molar-refractivity contribution in [3.63, 3.8) is 0 Å². The van der Waals surface area contributed by atoms with Crippen molar-refractivity contribution in [3.8, 4) is 0 Å². The largest absolute Gasteiger partial charge is 0.354 e. The molecule has 0 aliphatic carbocycles. The van der Waals surface area contributed by atoms with E-state index in [-0.39, 0.29) is 30.3 Å². The molecule has 2 rings (SSSR count). The van der Waals surface area contributed by atoms with Crippen molar-refractivity contribution in [2.24, 2.45) is 5.92 Å². The van der Waals surface area contributed by atoms with Crippen LogP contribution < -0.4 is 10.6 Å². The minimum Gasteiger partial charge on any atom is -0.354 e. The monoisotopic (exact) mass is 364 g/mol. The van der Waals surface area contributed by atoms with Gasteiger partial charge in [-0.1, -0.05) is 0 Å². The molecule has 1 aromatic carbocycles. The predicted octanol–water partition coefficient (Wildman–Crippen LogP) is 1.07. The second-order valence-electron chi connectivity index (χ2n) is 6.52. The maximum atomic E-state index is 12.8. The van der Waals surface area contributed by atoms with Crippen LogP contribution in [0.2, 0.25) is 0 Å². The highest BCUT2D eigenvalue weighted by molar-refractivity contribution is 5.94. The van der Waals surface area contributed by atoms with Gasteiger partial charge in [0.15, 0.2) is 0 Å². The van der Waals surface area contributed by atoms with Crippen LogP contribution in [0.15, 0.2) is 24.3 Å². The zero-order valence-corrected chi connectivity index (χ0v) is 15.1. The maximum Gasteiger partial charge on any atom is 0.319 e. The van der Waals surface area contributed by atoms with Gasteiger partial charge >= 0.3 is 6.03 Å². The number of carbonyl (C=O) groups excluding carboxylic acids is 3. The molecule has 2 N–H and O–H groups in total. The van der Waals surface area contributed by atoms with Crippen molar-refractivity contribution in [1.29, 1.82) is 0 Å². The molecule has 0 spiro atoms. The minimum atomic E-state index is -0.400. The molecule has 26 heavy (non-hydrogen) atoms. The second kappa shape index (κ2) is 9.17. The lowest BCUT2D eigenvalue weighted by Crippen LogP contribution is -2.49. The first-order valence-corrected chi connectivity index (χ1v) is 8.66. The average Bonchev–Trinajstić information content (AvgIpc) is 2.64. The van der Waals surface area contributed by atoms with Gasteiger partial charge in [-0.05, 0) is 37.1 Å². The lowest BCUT2D eigenvalue weighted by atomic mass is 9.97. The van der Waals surface area contributed by atoms with E-state index < -0.39 is 5.82 Å². The Labute approximate surface area is 152 Å². The van der Waals surface area contributed by atoms with Crippen LogP contribution in [0.5, 0.6) is 0 Å². The molecule has 0 saturated carbocycles. The van der Waals surface area contributed by atoms with E-state index in [0.29, 0.717) is 25.2 Å². The van der Waals surface area contributed by atoms with Crippen molar-refractivity contribution in [2.75, 3.05) is 40.3 Å². The summed E-state index contributed by atoms with van der Waals surface area (Å²) in [4.78, 5) is 39.4. The van der Waals surface area contributed by atoms with E-state index in [0.717, 1.165) is 12.8 Å². The second-order valence-corrected chi connectivity index (χ2v) is 6.52. The number of hydrogen-bond acceptors (Lipinski definition) is 3. The fraction of sp³-hybridized carbons (Fsp3) is 0.500. The van der Waals surface area contributed by atoms with Gasteiger partial charge in [0.1, 0.15) is 5.82 Å². The number of benzene rings is 1. The molecular formula is C18H25FN4O3. The molecule has 4 amide bonds. The van der Waals surface area contributed by atoms with E-state index in [1.807, 2.05) is 0 Å². The van der Waals surface area contributed by atoms with Crippen molar-refractivity contribution in [3.05, 3.63) is 35.6 Å². The van der Waals surface area contributed by atoms with Gasteiger partial charge in [0.2, 0.25) is 5.91 Å². The Morgan fingerprint density at radius 3 is 2.46 bits per heavy atom. The summed E-state index contributed by atoms with van der Waals surface area (Å²) in [6, 6.07) is 5.17. The van der Waals surface area contributed by atoms with Crippen LogP contribution >= 0.6 is 0 Å². The Kier molecular flexibility index (Phi) is 6.94. The zero-order chi connectivity index (χ0) is 19.1. The molecule has 0 aromatic heterocycles. The molecule has 0 bridgehead atoms. The van der Waals surface area contributed by atoms with Gasteiger partial charge in [-0.15, -0.1) is 0 Å². The minimum absolute atomic E-state index is 0.0888. The summed E-state index contributed by atoms with van der Waals surface area (Å²) in [7, 11) is 3.38. The summed E-state index contributed by atoms with van der Waals surface area (Å²) in [6.45, 7) is 1.64. The van der Waals surface area contributed by atoms with E-state index in [9.17, 15) is 18.8 Å². The first-order valence-electron chi connectivity index (χ1n) is 8.66. The molecule has 1 fully saturated rings. The molecule has 1 saturated heterocycles. The number of likely N-dealkylation sites (tertiary alicyclic amines) is 1. The van der Waals surface area contributed by atoms with E-state index >= 15 is 0 Å². The standard InChI is InChI=1S/C18H25FN4O3/c1-22(2)18(26)23-11-3-4-14(12-23)17(25)21-10-9-20-16(24)13-5-7-15(19)8-6-13/h5-8,14H,3-4,9-12H2,1-2H3,(H,20,24)(H,21,25)/t14-/m1/s1. The van der Waals surface area contributed by atoms with Crippen molar-refractivity contribution < 1.29 is 18.8 Å². The SMILES string of the molecule is CN(C)C(=O)N1CCC[C@@H](C(=O)NCCNC(=O)c2ccc(F)cc2)C1. The number of nitrogens with zero attached hydrogens (tertiary/aromatic N) is 2. The summed E-state index contributed by atoms with van der Waals surface area (Å²) in [5.74, 6) is -1.07. The summed E-state index contributed by atoms with van der Waals surface area (Å²) in [5, 5.41) is 5.46. The lowest BCUT2D eigenvalue weighted by Gasteiger charge is -2.33. The van der Waals surface area contributed by atoms with Gasteiger partial charge in [-0.2, -0.15) is 0 Å². The molecular weight excluding hydrogens is 339 g/mol. The van der Waals surface area contributed by atoms with Crippen LogP contribution in [0.4, 0.5) is 9.18 Å². The fourth-order valence-corrected chi connectivity index (χ4v) is 2.86. The van der Waals surface area contributed by atoms with E-state index in [1.54, 1.807) is 19.0 Å². The molecule has 0 radical (unpaired) electrons. The summed E-state index contributed by atoms with van der Waals surface area (Å²) >= 11 is 0. The van der Waals surface area contributed by atoms with Gasteiger partial charge in [-0.3, -0.25) is 9.59 Å². The molecule has 142 valence electrons. The Bertz CT molecular complexity index is 648. The van der Waals surface area contributed by atoms with E-state index in [1.165, 1.54) is 29.2 Å². The third kappa shape index (κ3) is 5.44. The van der Waals surface area contributed by atoms with Crippen molar-refractivity contribution in [1.82, 2.24) is 20.4 Å². The van der Waals surface area contributed by atoms with Gasteiger partial charge in [-0.25, -0.2) is 9.18 Å². The first kappa shape index (κ1) is 19.7. The number of urea groups is 1. The first-order chi connectivity index (χ1) is 12.4. The lowest BCUT2D eigenvalue weighted by molar-refractivity contribution is -0.126. The highest BCUT2D eigenvalue weighted by Gasteiger charge is 2.28. The summed E-state index contributed by atoms with van der Waals surface area (Å²) < 4.78 is 12.8.